The van der Waals surface area contributed by atoms with Crippen molar-refractivity contribution in [3.8, 4) is 0 Å². The van der Waals surface area contributed by atoms with E-state index in [0.29, 0.717) is 27.8 Å². The number of carbonyl (C=O) groups excluding carboxylic acids is 3. The second-order valence-electron chi connectivity index (χ2n) is 8.03. The van der Waals surface area contributed by atoms with E-state index < -0.39 is 29.3 Å². The van der Waals surface area contributed by atoms with Crippen LogP contribution in [-0.4, -0.2) is 37.3 Å². The van der Waals surface area contributed by atoms with Gasteiger partial charge in [-0.05, 0) is 35.4 Å². The van der Waals surface area contributed by atoms with E-state index in [-0.39, 0.29) is 30.1 Å². The minimum atomic E-state index is -0.805. The third-order valence-electron chi connectivity index (χ3n) is 5.52. The van der Waals surface area contributed by atoms with Gasteiger partial charge in [-0.15, -0.1) is 0 Å². The Hall–Kier alpha value is -5.33. The number of hydrogen-bond donors (Lipinski definition) is 4. The summed E-state index contributed by atoms with van der Waals surface area (Å²) < 4.78 is 20.3. The first-order valence-electron chi connectivity index (χ1n) is 10.9. The zero-order valence-electron chi connectivity index (χ0n) is 18.9. The van der Waals surface area contributed by atoms with Gasteiger partial charge in [0.15, 0.2) is 17.0 Å². The molecule has 0 spiro atoms. The lowest BCUT2D eigenvalue weighted by Crippen LogP contribution is -2.28. The van der Waals surface area contributed by atoms with Crippen molar-refractivity contribution in [2.75, 3.05) is 0 Å². The van der Waals surface area contributed by atoms with E-state index in [1.54, 1.807) is 30.3 Å². The molecule has 13 heteroatoms. The van der Waals surface area contributed by atoms with Crippen LogP contribution in [0.25, 0.3) is 16.7 Å². The maximum Gasteiger partial charge on any atom is 0.417 e. The van der Waals surface area contributed by atoms with E-state index in [2.05, 4.69) is 25.7 Å². The molecule has 0 bridgehead atoms. The Morgan fingerprint density at radius 3 is 2.46 bits per heavy atom. The lowest BCUT2D eigenvalue weighted by Gasteiger charge is -2.10. The number of carbonyl (C=O) groups is 3. The average molecular weight is 503 g/mol. The first-order chi connectivity index (χ1) is 17.8. The zero-order valence-corrected chi connectivity index (χ0v) is 18.9. The molecule has 186 valence electrons. The van der Waals surface area contributed by atoms with Gasteiger partial charge in [0.1, 0.15) is 11.4 Å². The molecule has 0 unspecified atom stereocenters. The van der Waals surface area contributed by atoms with E-state index in [9.17, 15) is 23.6 Å². The molecule has 12 nitrogen and oxygen atoms in total. The number of nitrogens with one attached hydrogen (secondary N) is 3. The highest BCUT2D eigenvalue weighted by Crippen LogP contribution is 2.14. The Kier molecular flexibility index (Phi) is 5.93. The van der Waals surface area contributed by atoms with E-state index in [1.165, 1.54) is 18.2 Å². The van der Waals surface area contributed by atoms with Crippen LogP contribution in [0.1, 0.15) is 42.5 Å². The van der Waals surface area contributed by atoms with Crippen LogP contribution in [0.3, 0.4) is 0 Å². The monoisotopic (exact) mass is 503 g/mol. The molecule has 0 saturated heterocycles. The average Bonchev–Trinajstić information content (AvgIpc) is 3.46. The topological polar surface area (TPSA) is 177 Å². The molecule has 0 aliphatic carbocycles. The summed E-state index contributed by atoms with van der Waals surface area (Å²) in [7, 11) is 0. The number of halogens is 1. The molecule has 0 radical (unpaired) electrons. The van der Waals surface area contributed by atoms with Crippen molar-refractivity contribution in [2.24, 2.45) is 5.73 Å². The second kappa shape index (κ2) is 9.37. The summed E-state index contributed by atoms with van der Waals surface area (Å²) in [6.45, 7) is 0.158. The number of benzene rings is 2. The largest absolute Gasteiger partial charge is 0.417 e. The molecule has 0 saturated carbocycles. The van der Waals surface area contributed by atoms with Crippen molar-refractivity contribution in [1.82, 2.24) is 30.2 Å². The lowest BCUT2D eigenvalue weighted by molar-refractivity contribution is 0.0940. The number of aromatic amines is 1. The van der Waals surface area contributed by atoms with Gasteiger partial charge in [-0.1, -0.05) is 18.2 Å². The molecular formula is C24H18FN7O5. The van der Waals surface area contributed by atoms with Gasteiger partial charge in [-0.25, -0.2) is 18.7 Å². The minimum absolute atomic E-state index is 0.0689. The number of aromatic nitrogens is 4. The Morgan fingerprint density at radius 1 is 1.00 bits per heavy atom. The Balaban J connectivity index is 1.34. The molecule has 5 N–H and O–H groups in total. The van der Waals surface area contributed by atoms with Crippen molar-refractivity contribution in [3.05, 3.63) is 99.2 Å². The Morgan fingerprint density at radius 2 is 1.70 bits per heavy atom. The number of H-pyrrole nitrogens is 1. The first-order valence-corrected chi connectivity index (χ1v) is 10.9. The lowest BCUT2D eigenvalue weighted by atomic mass is 10.1. The molecule has 5 rings (SSSR count). The van der Waals surface area contributed by atoms with E-state index in [4.69, 9.17) is 10.2 Å². The third kappa shape index (κ3) is 4.77. The van der Waals surface area contributed by atoms with Crippen molar-refractivity contribution in [3.63, 3.8) is 0 Å². The fourth-order valence-electron chi connectivity index (χ4n) is 3.66. The first kappa shape index (κ1) is 23.4. The summed E-state index contributed by atoms with van der Waals surface area (Å²) in [4.78, 5) is 54.8. The Bertz CT molecular complexity index is 1740. The quantitative estimate of drug-likeness (QED) is 0.258. The van der Waals surface area contributed by atoms with Gasteiger partial charge in [0.2, 0.25) is 5.91 Å². The molecule has 3 amide bonds. The Labute approximate surface area is 206 Å². The minimum Gasteiger partial charge on any atom is -0.408 e. The van der Waals surface area contributed by atoms with Crippen molar-refractivity contribution < 1.29 is 23.2 Å². The fraction of sp³-hybridized carbons (Fsp3) is 0.0833. The number of primary amides is 1. The summed E-state index contributed by atoms with van der Waals surface area (Å²) in [5, 5.41) is 9.18. The standard InChI is InChI=1S/C24H18FN7O5/c25-15-11-29-32-18(23(35)28-9-12-1-4-14(5-2-12)20(26)33)8-17(30-21(15)32)22(34)27-10-13-3-6-19-16(7-13)31-24(36)37-19/h1-8,11H,9-10H2,(H2,26,33)(H,27,34)(H,28,35)(H,31,36). The van der Waals surface area contributed by atoms with E-state index in [0.717, 1.165) is 10.7 Å². The van der Waals surface area contributed by atoms with Crippen LogP contribution in [0.2, 0.25) is 0 Å². The van der Waals surface area contributed by atoms with E-state index >= 15 is 0 Å². The van der Waals surface area contributed by atoms with Crippen LogP contribution < -0.4 is 22.1 Å². The SMILES string of the molecule is NC(=O)c1ccc(CNC(=O)c2cc(C(=O)NCc3ccc4oc(=O)[nH]c4c3)nc3c(F)cnn23)cc1. The van der Waals surface area contributed by atoms with Gasteiger partial charge in [0, 0.05) is 24.7 Å². The number of oxazole rings is 1. The highest BCUT2D eigenvalue weighted by atomic mass is 19.1. The predicted molar refractivity (Wildman–Crippen MR) is 127 cm³/mol. The maximum atomic E-state index is 14.3. The van der Waals surface area contributed by atoms with Gasteiger partial charge in [0.05, 0.1) is 11.7 Å². The summed E-state index contributed by atoms with van der Waals surface area (Å²) in [5.41, 5.74) is 7.16. The molecular weight excluding hydrogens is 485 g/mol. The highest BCUT2D eigenvalue weighted by Gasteiger charge is 2.20. The van der Waals surface area contributed by atoms with Gasteiger partial charge < -0.3 is 20.8 Å². The van der Waals surface area contributed by atoms with Crippen LogP contribution in [0.4, 0.5) is 4.39 Å². The van der Waals surface area contributed by atoms with Gasteiger partial charge in [0.25, 0.3) is 11.8 Å². The number of nitrogens with zero attached hydrogens (tertiary/aromatic N) is 3. The van der Waals surface area contributed by atoms with Crippen LogP contribution >= 0.6 is 0 Å². The van der Waals surface area contributed by atoms with Gasteiger partial charge in [-0.3, -0.25) is 19.4 Å². The van der Waals surface area contributed by atoms with Gasteiger partial charge >= 0.3 is 5.76 Å². The normalized spacial score (nSPS) is 11.1. The summed E-state index contributed by atoms with van der Waals surface area (Å²) in [5.74, 6) is -3.25. The van der Waals surface area contributed by atoms with E-state index in [1.807, 2.05) is 0 Å². The molecule has 2 aromatic carbocycles. The predicted octanol–water partition coefficient (Wildman–Crippen LogP) is 1.26. The van der Waals surface area contributed by atoms with Crippen molar-refractivity contribution in [2.45, 2.75) is 13.1 Å². The smallest absolute Gasteiger partial charge is 0.408 e. The molecule has 3 aromatic heterocycles. The molecule has 0 aliphatic heterocycles. The third-order valence-corrected chi connectivity index (χ3v) is 5.52. The molecule has 0 atom stereocenters. The van der Waals surface area contributed by atoms with Crippen LogP contribution in [0.15, 0.2) is 63.9 Å². The number of nitrogens with two attached hydrogens (primary N) is 1. The molecule has 3 heterocycles. The van der Waals surface area contributed by atoms with Crippen molar-refractivity contribution >= 4 is 34.5 Å². The highest BCUT2D eigenvalue weighted by molar-refractivity contribution is 5.98. The number of fused-ring (bicyclic) bond motifs is 2. The van der Waals surface area contributed by atoms with Crippen LogP contribution in [0.5, 0.6) is 0 Å². The summed E-state index contributed by atoms with van der Waals surface area (Å²) >= 11 is 0. The van der Waals surface area contributed by atoms with Crippen molar-refractivity contribution in [1.29, 1.82) is 0 Å². The number of amides is 3. The molecule has 37 heavy (non-hydrogen) atoms. The zero-order chi connectivity index (χ0) is 26.1. The van der Waals surface area contributed by atoms with Crippen LogP contribution in [0, 0.1) is 5.82 Å². The summed E-state index contributed by atoms with van der Waals surface area (Å²) in [6.07, 6.45) is 0.893. The van der Waals surface area contributed by atoms with Crippen LogP contribution in [-0.2, 0) is 13.1 Å². The fourth-order valence-corrected chi connectivity index (χ4v) is 3.66. The number of hydrogen-bond acceptors (Lipinski definition) is 7. The summed E-state index contributed by atoms with van der Waals surface area (Å²) in [6, 6.07) is 12.4. The van der Waals surface area contributed by atoms with Gasteiger partial charge in [-0.2, -0.15) is 5.10 Å². The molecule has 0 fully saturated rings. The molecule has 0 aliphatic rings. The molecule has 5 aromatic rings. The number of rotatable bonds is 7. The second-order valence-corrected chi connectivity index (χ2v) is 8.03. The maximum absolute atomic E-state index is 14.3.